The van der Waals surface area contributed by atoms with Crippen LogP contribution in [-0.2, 0) is 6.42 Å². The predicted molar refractivity (Wildman–Crippen MR) is 83.7 cm³/mol. The lowest BCUT2D eigenvalue weighted by Gasteiger charge is -2.09. The summed E-state index contributed by atoms with van der Waals surface area (Å²) in [5.74, 6) is 0.346. The molecule has 0 radical (unpaired) electrons. The van der Waals surface area contributed by atoms with Gasteiger partial charge in [0.2, 0.25) is 0 Å². The van der Waals surface area contributed by atoms with Gasteiger partial charge in [-0.1, -0.05) is 31.2 Å². The summed E-state index contributed by atoms with van der Waals surface area (Å²) in [5.41, 5.74) is 2.48. The molecule has 0 aliphatic heterocycles. The first kappa shape index (κ1) is 14.7. The van der Waals surface area contributed by atoms with Crippen molar-refractivity contribution >= 4 is 17.4 Å². The first-order valence-electron chi connectivity index (χ1n) is 6.82. The molecule has 0 bridgehead atoms. The van der Waals surface area contributed by atoms with Gasteiger partial charge in [0.25, 0.3) is 5.91 Å². The molecule has 1 amide bonds. The number of amides is 1. The molecular weight excluding hydrogens is 264 g/mol. The van der Waals surface area contributed by atoms with Gasteiger partial charge >= 0.3 is 0 Å². The lowest BCUT2D eigenvalue weighted by molar-refractivity contribution is 0.0952. The number of nitrogens with one attached hydrogen (secondary N) is 2. The minimum absolute atomic E-state index is 0.261. The third kappa shape index (κ3) is 3.89. The average Bonchev–Trinajstić information content (AvgIpc) is 2.54. The zero-order valence-electron chi connectivity index (χ0n) is 12.0. The van der Waals surface area contributed by atoms with E-state index in [1.807, 2.05) is 18.2 Å². The number of nitrogens with zero attached hydrogens (tertiary/aromatic N) is 2. The minimum Gasteiger partial charge on any atom is -0.347 e. The Labute approximate surface area is 124 Å². The summed E-state index contributed by atoms with van der Waals surface area (Å²) in [6.07, 6.45) is 2.54. The second-order valence-corrected chi connectivity index (χ2v) is 4.44. The molecule has 0 fully saturated rings. The van der Waals surface area contributed by atoms with E-state index in [0.717, 1.165) is 12.1 Å². The molecule has 1 aromatic heterocycles. The van der Waals surface area contributed by atoms with Crippen LogP contribution in [0.1, 0.15) is 23.0 Å². The molecule has 2 N–H and O–H groups in total. The maximum Gasteiger partial charge on any atom is 0.272 e. The van der Waals surface area contributed by atoms with Crippen LogP contribution in [0.3, 0.4) is 0 Å². The molecule has 2 rings (SSSR count). The molecule has 0 spiro atoms. The Morgan fingerprint density at radius 3 is 2.71 bits per heavy atom. The number of benzene rings is 1. The third-order valence-electron chi connectivity index (χ3n) is 2.97. The monoisotopic (exact) mass is 282 g/mol. The largest absolute Gasteiger partial charge is 0.347 e. The lowest BCUT2D eigenvalue weighted by Crippen LogP contribution is -2.24. The van der Waals surface area contributed by atoms with Crippen molar-refractivity contribution in [2.24, 2.45) is 0 Å². The lowest BCUT2D eigenvalue weighted by atomic mass is 10.1. The molecule has 0 aliphatic rings. The van der Waals surface area contributed by atoms with Crippen molar-refractivity contribution in [3.05, 3.63) is 60.3 Å². The average molecular weight is 282 g/mol. The number of carbonyl (C=O) groups excluding carboxylic acids is 1. The van der Waals surface area contributed by atoms with Crippen LogP contribution < -0.4 is 10.6 Å². The van der Waals surface area contributed by atoms with Gasteiger partial charge in [0.1, 0.15) is 0 Å². The Bertz CT molecular complexity index is 622. The van der Waals surface area contributed by atoms with E-state index in [1.165, 1.54) is 5.56 Å². The molecule has 5 nitrogen and oxygen atoms in total. The van der Waals surface area contributed by atoms with Crippen molar-refractivity contribution in [1.29, 1.82) is 0 Å². The molecule has 0 saturated heterocycles. The highest BCUT2D eigenvalue weighted by molar-refractivity contribution is 5.92. The van der Waals surface area contributed by atoms with E-state index in [2.05, 4.69) is 40.4 Å². The molecule has 108 valence electrons. The summed E-state index contributed by atoms with van der Waals surface area (Å²) in [7, 11) is 0. The highest BCUT2D eigenvalue weighted by Gasteiger charge is 2.07. The van der Waals surface area contributed by atoms with E-state index >= 15 is 0 Å². The Kier molecular flexibility index (Phi) is 5.04. The van der Waals surface area contributed by atoms with E-state index < -0.39 is 0 Å². The summed E-state index contributed by atoms with van der Waals surface area (Å²) in [6, 6.07) is 11.4. The quantitative estimate of drug-likeness (QED) is 0.799. The van der Waals surface area contributed by atoms with Crippen molar-refractivity contribution in [2.75, 3.05) is 11.9 Å². The Hall–Kier alpha value is -2.69. The zero-order valence-corrected chi connectivity index (χ0v) is 12.0. The second kappa shape index (κ2) is 7.19. The number of hydrogen-bond donors (Lipinski definition) is 2. The number of aromatic nitrogens is 2. The summed E-state index contributed by atoms with van der Waals surface area (Å²) in [5, 5.41) is 13.8. The maximum atomic E-state index is 11.7. The van der Waals surface area contributed by atoms with Crippen LogP contribution >= 0.6 is 0 Å². The van der Waals surface area contributed by atoms with E-state index in [0.29, 0.717) is 12.4 Å². The Balaban J connectivity index is 2.09. The van der Waals surface area contributed by atoms with Crippen LogP contribution in [0.15, 0.2) is 49.1 Å². The molecule has 5 heteroatoms. The molecule has 0 unspecified atom stereocenters. The van der Waals surface area contributed by atoms with Crippen LogP contribution in [-0.4, -0.2) is 22.6 Å². The summed E-state index contributed by atoms with van der Waals surface area (Å²) < 4.78 is 0. The van der Waals surface area contributed by atoms with Crippen molar-refractivity contribution in [3.8, 4) is 0 Å². The molecule has 1 heterocycles. The van der Waals surface area contributed by atoms with Gasteiger partial charge in [-0.05, 0) is 30.2 Å². The van der Waals surface area contributed by atoms with E-state index in [1.54, 1.807) is 18.2 Å². The second-order valence-electron chi connectivity index (χ2n) is 4.44. The molecule has 0 saturated carbocycles. The van der Waals surface area contributed by atoms with Crippen molar-refractivity contribution in [1.82, 2.24) is 15.5 Å². The summed E-state index contributed by atoms with van der Waals surface area (Å²) in [4.78, 5) is 11.7. The maximum absolute atomic E-state index is 11.7. The highest BCUT2D eigenvalue weighted by atomic mass is 16.1. The first-order chi connectivity index (χ1) is 10.2. The first-order valence-corrected chi connectivity index (χ1v) is 6.82. The van der Waals surface area contributed by atoms with E-state index in [-0.39, 0.29) is 11.6 Å². The fraction of sp³-hybridized carbons (Fsp3) is 0.188. The fourth-order valence-electron chi connectivity index (χ4n) is 1.86. The van der Waals surface area contributed by atoms with Gasteiger partial charge in [-0.15, -0.1) is 16.8 Å². The number of aryl methyl sites for hydroxylation is 1. The number of rotatable bonds is 6. The van der Waals surface area contributed by atoms with Crippen molar-refractivity contribution in [3.63, 3.8) is 0 Å². The Morgan fingerprint density at radius 1 is 1.24 bits per heavy atom. The topological polar surface area (TPSA) is 66.9 Å². The molecule has 21 heavy (non-hydrogen) atoms. The minimum atomic E-state index is -0.261. The predicted octanol–water partition coefficient (Wildman–Crippen LogP) is 2.70. The number of carbonyl (C=O) groups is 1. The van der Waals surface area contributed by atoms with Gasteiger partial charge in [-0.3, -0.25) is 4.79 Å². The molecule has 0 atom stereocenters. The van der Waals surface area contributed by atoms with Crippen LogP contribution in [0, 0.1) is 0 Å². The molecule has 1 aromatic carbocycles. The fourth-order valence-corrected chi connectivity index (χ4v) is 1.86. The zero-order chi connectivity index (χ0) is 15.1. The number of hydrogen-bond acceptors (Lipinski definition) is 4. The molecule has 0 aliphatic carbocycles. The number of anilines is 2. The van der Waals surface area contributed by atoms with Crippen molar-refractivity contribution < 1.29 is 4.79 Å². The SMILES string of the molecule is C=CCNC(=O)c1ccc(Nc2ccccc2CC)nn1. The van der Waals surface area contributed by atoms with Crippen molar-refractivity contribution in [2.45, 2.75) is 13.3 Å². The third-order valence-corrected chi connectivity index (χ3v) is 2.97. The normalized spacial score (nSPS) is 9.95. The van der Waals surface area contributed by atoms with Crippen LogP contribution in [0.25, 0.3) is 0 Å². The van der Waals surface area contributed by atoms with Gasteiger partial charge in [0.15, 0.2) is 11.5 Å². The summed E-state index contributed by atoms with van der Waals surface area (Å²) in [6.45, 7) is 6.05. The van der Waals surface area contributed by atoms with Crippen LogP contribution in [0.5, 0.6) is 0 Å². The molecular formula is C16H18N4O. The Morgan fingerprint density at radius 2 is 2.05 bits per heavy atom. The van der Waals surface area contributed by atoms with Gasteiger partial charge in [0.05, 0.1) is 0 Å². The molecule has 2 aromatic rings. The highest BCUT2D eigenvalue weighted by Crippen LogP contribution is 2.19. The smallest absolute Gasteiger partial charge is 0.272 e. The van der Waals surface area contributed by atoms with Gasteiger partial charge in [-0.25, -0.2) is 0 Å². The van der Waals surface area contributed by atoms with Gasteiger partial charge in [-0.2, -0.15) is 0 Å². The van der Waals surface area contributed by atoms with E-state index in [4.69, 9.17) is 0 Å². The van der Waals surface area contributed by atoms with Crippen LogP contribution in [0.2, 0.25) is 0 Å². The van der Waals surface area contributed by atoms with E-state index in [9.17, 15) is 4.79 Å². The summed E-state index contributed by atoms with van der Waals surface area (Å²) >= 11 is 0. The standard InChI is InChI=1S/C16H18N4O/c1-3-11-17-16(21)14-9-10-15(20-19-14)18-13-8-6-5-7-12(13)4-2/h3,5-10H,1,4,11H2,2H3,(H,17,21)(H,18,20). The van der Waals surface area contributed by atoms with Gasteiger partial charge in [0, 0.05) is 12.2 Å². The van der Waals surface area contributed by atoms with Crippen LogP contribution in [0.4, 0.5) is 11.5 Å². The van der Waals surface area contributed by atoms with Gasteiger partial charge < -0.3 is 10.6 Å². The number of para-hydroxylation sites is 1.